The maximum atomic E-state index is 6.23. The molecule has 2 nitrogen and oxygen atoms in total. The smallest absolute Gasteiger partial charge is 0.0634 e. The van der Waals surface area contributed by atoms with Crippen LogP contribution in [0.3, 0.4) is 0 Å². The van der Waals surface area contributed by atoms with Crippen LogP contribution in [-0.4, -0.2) is 43.4 Å². The van der Waals surface area contributed by atoms with Gasteiger partial charge in [-0.3, -0.25) is 0 Å². The summed E-state index contributed by atoms with van der Waals surface area (Å²) in [6.07, 6.45) is 10.1. The van der Waals surface area contributed by atoms with Gasteiger partial charge in [0, 0.05) is 16.5 Å². The van der Waals surface area contributed by atoms with Crippen LogP contribution in [0, 0.1) is 0 Å². The first-order valence-corrected chi connectivity index (χ1v) is 8.63. The number of thioether (sulfide) groups is 1. The quantitative estimate of drug-likeness (QED) is 0.826. The van der Waals surface area contributed by atoms with Crippen LogP contribution in [0.4, 0.5) is 5.69 Å². The number of anilines is 1. The zero-order chi connectivity index (χ0) is 14.8. The largest absolute Gasteiger partial charge is 0.363 e. The van der Waals surface area contributed by atoms with Gasteiger partial charge in [0.2, 0.25) is 0 Å². The molecule has 0 spiro atoms. The second kappa shape index (κ2) is 6.47. The number of nitrogens with zero attached hydrogens (tertiary/aromatic N) is 2. The van der Waals surface area contributed by atoms with Crippen LogP contribution in [0.15, 0.2) is 47.4 Å². The topological polar surface area (TPSA) is 6.48 Å². The summed E-state index contributed by atoms with van der Waals surface area (Å²) in [4.78, 5) is 6.10. The Morgan fingerprint density at radius 2 is 2.05 bits per heavy atom. The van der Waals surface area contributed by atoms with Crippen LogP contribution >= 0.6 is 23.4 Å². The van der Waals surface area contributed by atoms with Crippen molar-refractivity contribution in [2.24, 2.45) is 0 Å². The first-order valence-electron chi connectivity index (χ1n) is 7.38. The molecule has 1 aromatic rings. The zero-order valence-electron chi connectivity index (χ0n) is 12.5. The Bertz CT molecular complexity index is 568. The Labute approximate surface area is 136 Å². The van der Waals surface area contributed by atoms with Gasteiger partial charge >= 0.3 is 0 Å². The van der Waals surface area contributed by atoms with Crippen LogP contribution in [0.5, 0.6) is 0 Å². The third kappa shape index (κ3) is 3.31. The molecular weight excluding hydrogens is 300 g/mol. The Kier molecular flexibility index (Phi) is 4.63. The predicted molar refractivity (Wildman–Crippen MR) is 93.7 cm³/mol. The highest BCUT2D eigenvalue weighted by Gasteiger charge is 2.32. The molecule has 2 atom stereocenters. The number of hydrogen-bond donors (Lipinski definition) is 0. The van der Waals surface area contributed by atoms with E-state index in [1.807, 2.05) is 17.8 Å². The van der Waals surface area contributed by atoms with Gasteiger partial charge < -0.3 is 9.80 Å². The highest BCUT2D eigenvalue weighted by molar-refractivity contribution is 8.00. The molecule has 1 aliphatic heterocycles. The third-order valence-corrected chi connectivity index (χ3v) is 5.46. The minimum absolute atomic E-state index is 0.438. The monoisotopic (exact) mass is 320 g/mol. The van der Waals surface area contributed by atoms with E-state index in [1.54, 1.807) is 0 Å². The molecule has 0 saturated carbocycles. The molecule has 0 fully saturated rings. The van der Waals surface area contributed by atoms with Crippen molar-refractivity contribution in [3.05, 3.63) is 47.5 Å². The van der Waals surface area contributed by atoms with E-state index in [0.717, 1.165) is 24.5 Å². The number of rotatable bonds is 4. The van der Waals surface area contributed by atoms with E-state index in [4.69, 9.17) is 11.6 Å². The number of benzene rings is 1. The molecule has 21 heavy (non-hydrogen) atoms. The fraction of sp³-hybridized carbons (Fsp3) is 0.412. The molecule has 0 unspecified atom stereocenters. The summed E-state index contributed by atoms with van der Waals surface area (Å²) in [5, 5.41) is 1.32. The second-order valence-corrected chi connectivity index (χ2v) is 7.46. The van der Waals surface area contributed by atoms with E-state index >= 15 is 0 Å². The van der Waals surface area contributed by atoms with Gasteiger partial charge in [0.25, 0.3) is 0 Å². The summed E-state index contributed by atoms with van der Waals surface area (Å²) >= 11 is 8.17. The highest BCUT2D eigenvalue weighted by Crippen LogP contribution is 2.44. The SMILES string of the molecule is CN(C)CCCN1c2cc(Cl)ccc2S[C@H]2C=CC=C[C@H]21. The summed E-state index contributed by atoms with van der Waals surface area (Å²) in [6, 6.07) is 6.70. The van der Waals surface area contributed by atoms with E-state index in [-0.39, 0.29) is 0 Å². The number of hydrogen-bond acceptors (Lipinski definition) is 3. The summed E-state index contributed by atoms with van der Waals surface area (Å²) in [5.74, 6) is 0. The van der Waals surface area contributed by atoms with Crippen LogP contribution in [-0.2, 0) is 0 Å². The lowest BCUT2D eigenvalue weighted by molar-refractivity contribution is 0.398. The van der Waals surface area contributed by atoms with E-state index in [1.165, 1.54) is 10.6 Å². The molecule has 0 amide bonds. The lowest BCUT2D eigenvalue weighted by Gasteiger charge is -2.42. The molecule has 1 heterocycles. The number of allylic oxidation sites excluding steroid dienone is 2. The van der Waals surface area contributed by atoms with Gasteiger partial charge in [-0.1, -0.05) is 35.9 Å². The van der Waals surface area contributed by atoms with Crippen molar-refractivity contribution in [1.29, 1.82) is 0 Å². The Balaban J connectivity index is 1.88. The van der Waals surface area contributed by atoms with Crippen molar-refractivity contribution in [1.82, 2.24) is 4.90 Å². The van der Waals surface area contributed by atoms with Crippen molar-refractivity contribution < 1.29 is 0 Å². The highest BCUT2D eigenvalue weighted by atomic mass is 35.5. The van der Waals surface area contributed by atoms with Crippen molar-refractivity contribution in [3.8, 4) is 0 Å². The van der Waals surface area contributed by atoms with Crippen molar-refractivity contribution in [2.45, 2.75) is 22.6 Å². The fourth-order valence-electron chi connectivity index (χ4n) is 2.91. The van der Waals surface area contributed by atoms with Gasteiger partial charge in [-0.05, 0) is 45.3 Å². The lowest BCUT2D eigenvalue weighted by Crippen LogP contribution is -2.45. The average molecular weight is 321 g/mol. The van der Waals surface area contributed by atoms with Crippen molar-refractivity contribution in [2.75, 3.05) is 32.1 Å². The minimum atomic E-state index is 0.438. The van der Waals surface area contributed by atoms with E-state index in [9.17, 15) is 0 Å². The van der Waals surface area contributed by atoms with Gasteiger partial charge in [-0.2, -0.15) is 0 Å². The molecule has 0 radical (unpaired) electrons. The standard InChI is InChI=1S/C17H21ClN2S/c1-19(2)10-5-11-20-14-6-3-4-7-16(14)21-17-9-8-13(18)12-15(17)20/h3-4,6-9,12,14,16H,5,10-11H2,1-2H3/t14-,16+/m1/s1. The molecular formula is C17H21ClN2S. The predicted octanol–water partition coefficient (Wildman–Crippen LogP) is 4.07. The fourth-order valence-corrected chi connectivity index (χ4v) is 4.36. The first kappa shape index (κ1) is 15.0. The third-order valence-electron chi connectivity index (χ3n) is 3.91. The van der Waals surface area contributed by atoms with Crippen LogP contribution in [0.1, 0.15) is 6.42 Å². The first-order chi connectivity index (χ1) is 10.1. The zero-order valence-corrected chi connectivity index (χ0v) is 14.1. The molecule has 0 aromatic heterocycles. The molecule has 1 aromatic carbocycles. The maximum absolute atomic E-state index is 6.23. The number of halogens is 1. The molecule has 2 aliphatic rings. The van der Waals surface area contributed by atoms with Gasteiger partial charge in [-0.15, -0.1) is 11.8 Å². The van der Waals surface area contributed by atoms with E-state index in [2.05, 4.69) is 60.3 Å². The molecule has 3 rings (SSSR count). The molecule has 1 aliphatic carbocycles. The van der Waals surface area contributed by atoms with Gasteiger partial charge in [0.15, 0.2) is 0 Å². The Hall–Kier alpha value is -0.900. The van der Waals surface area contributed by atoms with Crippen molar-refractivity contribution >= 4 is 29.1 Å². The molecule has 0 N–H and O–H groups in total. The summed E-state index contributed by atoms with van der Waals surface area (Å²) in [6.45, 7) is 2.17. The van der Waals surface area contributed by atoms with Gasteiger partial charge in [-0.25, -0.2) is 0 Å². The molecule has 112 valence electrons. The van der Waals surface area contributed by atoms with Gasteiger partial charge in [0.1, 0.15) is 0 Å². The van der Waals surface area contributed by atoms with Crippen LogP contribution in [0.25, 0.3) is 0 Å². The Morgan fingerprint density at radius 1 is 1.24 bits per heavy atom. The maximum Gasteiger partial charge on any atom is 0.0634 e. The van der Waals surface area contributed by atoms with E-state index in [0.29, 0.717) is 11.3 Å². The van der Waals surface area contributed by atoms with Crippen LogP contribution in [0.2, 0.25) is 5.02 Å². The van der Waals surface area contributed by atoms with E-state index < -0.39 is 0 Å². The van der Waals surface area contributed by atoms with Crippen molar-refractivity contribution in [3.63, 3.8) is 0 Å². The summed E-state index contributed by atoms with van der Waals surface area (Å²) in [7, 11) is 4.26. The second-order valence-electron chi connectivity index (χ2n) is 5.81. The Morgan fingerprint density at radius 3 is 2.86 bits per heavy atom. The summed E-state index contributed by atoms with van der Waals surface area (Å²) in [5.41, 5.74) is 1.28. The number of fused-ring (bicyclic) bond motifs is 2. The molecule has 4 heteroatoms. The van der Waals surface area contributed by atoms with Crippen LogP contribution < -0.4 is 4.90 Å². The lowest BCUT2D eigenvalue weighted by atomic mass is 10.0. The van der Waals surface area contributed by atoms with Gasteiger partial charge in [0.05, 0.1) is 17.0 Å². The summed E-state index contributed by atoms with van der Waals surface area (Å²) < 4.78 is 0. The minimum Gasteiger partial charge on any atom is -0.363 e. The average Bonchev–Trinajstić information content (AvgIpc) is 2.46. The molecule has 0 saturated heterocycles. The normalized spacial score (nSPS) is 23.3. The molecule has 0 bridgehead atoms.